The summed E-state index contributed by atoms with van der Waals surface area (Å²) < 4.78 is 10.7. The van der Waals surface area contributed by atoms with E-state index in [4.69, 9.17) is 9.47 Å². The van der Waals surface area contributed by atoms with Crippen molar-refractivity contribution in [2.75, 3.05) is 13.3 Å². The van der Waals surface area contributed by atoms with Gasteiger partial charge < -0.3 is 20.1 Å². The lowest BCUT2D eigenvalue weighted by molar-refractivity contribution is -0.119. The number of para-hydroxylation sites is 1. The summed E-state index contributed by atoms with van der Waals surface area (Å²) in [4.78, 5) is 11.1. The van der Waals surface area contributed by atoms with Gasteiger partial charge in [-0.2, -0.15) is 0 Å². The maximum atomic E-state index is 11.1. The molecule has 0 aromatic heterocycles. The number of nitrogens with one attached hydrogen (secondary N) is 2. The highest BCUT2D eigenvalue weighted by Gasteiger charge is 2.22. The highest BCUT2D eigenvalue weighted by molar-refractivity contribution is 5.78. The lowest BCUT2D eigenvalue weighted by Crippen LogP contribution is -2.30. The van der Waals surface area contributed by atoms with Crippen LogP contribution in [0, 0.1) is 0 Å². The minimum atomic E-state index is 0.111. The van der Waals surface area contributed by atoms with E-state index in [1.165, 1.54) is 0 Å². The number of rotatable bonds is 3. The Morgan fingerprint density at radius 2 is 2.35 bits per heavy atom. The van der Waals surface area contributed by atoms with Crippen LogP contribution < -0.4 is 20.1 Å². The van der Waals surface area contributed by atoms with Crippen molar-refractivity contribution in [3.05, 3.63) is 23.8 Å². The van der Waals surface area contributed by atoms with E-state index in [9.17, 15) is 4.79 Å². The molecule has 0 bridgehead atoms. The van der Waals surface area contributed by atoms with Crippen molar-refractivity contribution >= 4 is 5.91 Å². The van der Waals surface area contributed by atoms with Gasteiger partial charge in [0.1, 0.15) is 0 Å². The van der Waals surface area contributed by atoms with Crippen LogP contribution in [-0.4, -0.2) is 25.3 Å². The van der Waals surface area contributed by atoms with E-state index in [-0.39, 0.29) is 18.7 Å². The first-order valence-corrected chi connectivity index (χ1v) is 5.70. The summed E-state index contributed by atoms with van der Waals surface area (Å²) in [5, 5.41) is 6.14. The number of fused-ring (bicyclic) bond motifs is 1. The summed E-state index contributed by atoms with van der Waals surface area (Å²) in [6.07, 6.45) is 0.548. The van der Waals surface area contributed by atoms with Gasteiger partial charge in [-0.15, -0.1) is 0 Å². The van der Waals surface area contributed by atoms with Crippen molar-refractivity contribution in [2.45, 2.75) is 19.0 Å². The van der Waals surface area contributed by atoms with Crippen LogP contribution in [0.3, 0.4) is 0 Å². The van der Waals surface area contributed by atoms with Gasteiger partial charge in [-0.05, 0) is 6.07 Å². The van der Waals surface area contributed by atoms with E-state index in [0.29, 0.717) is 19.5 Å². The molecule has 2 N–H and O–H groups in total. The lowest BCUT2D eigenvalue weighted by atomic mass is 10.1. The summed E-state index contributed by atoms with van der Waals surface area (Å²) in [6, 6.07) is 6.06. The van der Waals surface area contributed by atoms with Crippen LogP contribution in [0.15, 0.2) is 18.2 Å². The third kappa shape index (κ3) is 2.06. The van der Waals surface area contributed by atoms with Gasteiger partial charge in [-0.25, -0.2) is 0 Å². The van der Waals surface area contributed by atoms with Gasteiger partial charge in [0.15, 0.2) is 11.5 Å². The van der Waals surface area contributed by atoms with Gasteiger partial charge in [-0.3, -0.25) is 4.79 Å². The SMILES string of the molecule is O=C1CC(NCc2cccc3c2OCO3)CN1. The van der Waals surface area contributed by atoms with Crippen LogP contribution in [0.5, 0.6) is 11.5 Å². The average Bonchev–Trinajstić information content (AvgIpc) is 2.94. The first-order valence-electron chi connectivity index (χ1n) is 5.70. The second-order valence-corrected chi connectivity index (χ2v) is 4.24. The lowest BCUT2D eigenvalue weighted by Gasteiger charge is -2.11. The van der Waals surface area contributed by atoms with E-state index >= 15 is 0 Å². The highest BCUT2D eigenvalue weighted by atomic mass is 16.7. The number of carbonyl (C=O) groups excluding carboxylic acids is 1. The Kier molecular flexibility index (Phi) is 2.60. The summed E-state index contributed by atoms with van der Waals surface area (Å²) in [5.41, 5.74) is 1.07. The zero-order valence-corrected chi connectivity index (χ0v) is 9.36. The molecule has 90 valence electrons. The Labute approximate surface area is 99.1 Å². The van der Waals surface area contributed by atoms with Crippen molar-refractivity contribution in [3.8, 4) is 11.5 Å². The number of benzene rings is 1. The Morgan fingerprint density at radius 1 is 1.41 bits per heavy atom. The van der Waals surface area contributed by atoms with E-state index in [0.717, 1.165) is 17.1 Å². The molecule has 1 saturated heterocycles. The third-order valence-electron chi connectivity index (χ3n) is 3.04. The molecule has 0 radical (unpaired) electrons. The molecule has 17 heavy (non-hydrogen) atoms. The van der Waals surface area contributed by atoms with Crippen LogP contribution in [0.25, 0.3) is 0 Å². The molecule has 0 spiro atoms. The molecule has 2 aliphatic heterocycles. The fourth-order valence-corrected chi connectivity index (χ4v) is 2.13. The topological polar surface area (TPSA) is 59.6 Å². The van der Waals surface area contributed by atoms with E-state index in [1.807, 2.05) is 18.2 Å². The maximum absolute atomic E-state index is 11.1. The van der Waals surface area contributed by atoms with Crippen LogP contribution in [0.4, 0.5) is 0 Å². The quantitative estimate of drug-likeness (QED) is 0.794. The molecule has 5 heteroatoms. The van der Waals surface area contributed by atoms with Crippen molar-refractivity contribution in [1.29, 1.82) is 0 Å². The van der Waals surface area contributed by atoms with E-state index in [1.54, 1.807) is 0 Å². The highest BCUT2D eigenvalue weighted by Crippen LogP contribution is 2.35. The van der Waals surface area contributed by atoms with Crippen LogP contribution in [0.1, 0.15) is 12.0 Å². The molecule has 3 rings (SSSR count). The normalized spacial score (nSPS) is 21.6. The molecule has 1 atom stereocenters. The summed E-state index contributed by atoms with van der Waals surface area (Å²) in [6.45, 7) is 1.67. The van der Waals surface area contributed by atoms with Crippen molar-refractivity contribution in [2.24, 2.45) is 0 Å². The molecular formula is C12H14N2O3. The predicted molar refractivity (Wildman–Crippen MR) is 60.8 cm³/mol. The Bertz CT molecular complexity index is 447. The zero-order chi connectivity index (χ0) is 11.7. The molecule has 1 fully saturated rings. The molecule has 1 unspecified atom stereocenters. The Balaban J connectivity index is 1.65. The molecule has 1 aromatic carbocycles. The van der Waals surface area contributed by atoms with Crippen LogP contribution in [0.2, 0.25) is 0 Å². The second-order valence-electron chi connectivity index (χ2n) is 4.24. The Hall–Kier alpha value is -1.75. The molecule has 5 nitrogen and oxygen atoms in total. The van der Waals surface area contributed by atoms with Gasteiger partial charge in [0, 0.05) is 31.1 Å². The van der Waals surface area contributed by atoms with Crippen LogP contribution >= 0.6 is 0 Å². The maximum Gasteiger partial charge on any atom is 0.231 e. The minimum Gasteiger partial charge on any atom is -0.454 e. The molecule has 2 heterocycles. The number of amides is 1. The summed E-state index contributed by atoms with van der Waals surface area (Å²) in [5.74, 6) is 1.72. The number of carbonyl (C=O) groups is 1. The largest absolute Gasteiger partial charge is 0.454 e. The van der Waals surface area contributed by atoms with Crippen molar-refractivity contribution in [1.82, 2.24) is 10.6 Å². The average molecular weight is 234 g/mol. The third-order valence-corrected chi connectivity index (χ3v) is 3.04. The Morgan fingerprint density at radius 3 is 3.18 bits per heavy atom. The fourth-order valence-electron chi connectivity index (χ4n) is 2.13. The number of hydrogen-bond acceptors (Lipinski definition) is 4. The monoisotopic (exact) mass is 234 g/mol. The minimum absolute atomic E-state index is 0.111. The van der Waals surface area contributed by atoms with Crippen molar-refractivity contribution < 1.29 is 14.3 Å². The molecule has 0 saturated carbocycles. The molecule has 2 aliphatic rings. The number of ether oxygens (including phenoxy) is 2. The van der Waals surface area contributed by atoms with Gasteiger partial charge in [0.2, 0.25) is 12.7 Å². The van der Waals surface area contributed by atoms with Gasteiger partial charge >= 0.3 is 0 Å². The van der Waals surface area contributed by atoms with E-state index < -0.39 is 0 Å². The smallest absolute Gasteiger partial charge is 0.231 e. The first-order chi connectivity index (χ1) is 8.33. The van der Waals surface area contributed by atoms with Crippen molar-refractivity contribution in [3.63, 3.8) is 0 Å². The molecule has 0 aliphatic carbocycles. The molecule has 1 amide bonds. The second kappa shape index (κ2) is 4.25. The van der Waals surface area contributed by atoms with Gasteiger partial charge in [-0.1, -0.05) is 12.1 Å². The zero-order valence-electron chi connectivity index (χ0n) is 9.36. The molecule has 1 aromatic rings. The van der Waals surface area contributed by atoms with Crippen LogP contribution in [-0.2, 0) is 11.3 Å². The molecular weight excluding hydrogens is 220 g/mol. The summed E-state index contributed by atoms with van der Waals surface area (Å²) >= 11 is 0. The first kappa shape index (κ1) is 10.4. The van der Waals surface area contributed by atoms with E-state index in [2.05, 4.69) is 10.6 Å². The number of hydrogen-bond donors (Lipinski definition) is 2. The predicted octanol–water partition coefficient (Wildman–Crippen LogP) is 0.393. The summed E-state index contributed by atoms with van der Waals surface area (Å²) in [7, 11) is 0. The van der Waals surface area contributed by atoms with Gasteiger partial charge in [0.25, 0.3) is 0 Å². The van der Waals surface area contributed by atoms with Gasteiger partial charge in [0.05, 0.1) is 0 Å². The fraction of sp³-hybridized carbons (Fsp3) is 0.417. The standard InChI is InChI=1S/C12H14N2O3/c15-11-4-9(6-14-11)13-5-8-2-1-3-10-12(8)17-7-16-10/h1-3,9,13H,4-7H2,(H,14,15).